The number of rotatable bonds is 5. The standard InChI is InChI=1S/C17H17N2O3/c1-22-14-8-6-13(7-9-14)19-16(20)10-15(17(19)21)18-11-12-4-2-3-5-12/h2-9,15,18H,10-11H2,1H3/q-1. The van der Waals surface area contributed by atoms with Crippen molar-refractivity contribution >= 4 is 17.5 Å². The third-order valence-electron chi connectivity index (χ3n) is 3.76. The average molecular weight is 297 g/mol. The fraction of sp³-hybridized carbons (Fsp3) is 0.235. The van der Waals surface area contributed by atoms with Crippen LogP contribution in [0.25, 0.3) is 0 Å². The molecule has 0 radical (unpaired) electrons. The number of ether oxygens (including phenoxy) is 1. The van der Waals surface area contributed by atoms with Gasteiger partial charge in [0.1, 0.15) is 5.75 Å². The van der Waals surface area contributed by atoms with Crippen molar-refractivity contribution in [1.82, 2.24) is 5.32 Å². The van der Waals surface area contributed by atoms with Crippen molar-refractivity contribution in [2.75, 3.05) is 12.0 Å². The highest BCUT2D eigenvalue weighted by Gasteiger charge is 2.38. The zero-order valence-electron chi connectivity index (χ0n) is 12.3. The van der Waals surface area contributed by atoms with Crippen LogP contribution in [0.1, 0.15) is 12.0 Å². The Kier molecular flexibility index (Phi) is 3.98. The number of nitrogens with one attached hydrogen (secondary N) is 1. The first-order chi connectivity index (χ1) is 10.7. The quantitative estimate of drug-likeness (QED) is 0.676. The van der Waals surface area contributed by atoms with E-state index in [1.807, 2.05) is 24.3 Å². The summed E-state index contributed by atoms with van der Waals surface area (Å²) in [6.07, 6.45) is 0.186. The Hall–Kier alpha value is -2.53. The Bertz CT molecular complexity index is 662. The molecule has 5 heteroatoms. The van der Waals surface area contributed by atoms with E-state index in [0.717, 1.165) is 5.56 Å². The maximum Gasteiger partial charge on any atom is 0.251 e. The fourth-order valence-electron chi connectivity index (χ4n) is 2.57. The number of hydrogen-bond acceptors (Lipinski definition) is 4. The second kappa shape index (κ2) is 6.07. The van der Waals surface area contributed by atoms with Crippen LogP contribution in [0, 0.1) is 0 Å². The van der Waals surface area contributed by atoms with Crippen LogP contribution in [-0.2, 0) is 16.1 Å². The zero-order chi connectivity index (χ0) is 15.5. The van der Waals surface area contributed by atoms with Gasteiger partial charge in [-0.2, -0.15) is 23.8 Å². The molecule has 22 heavy (non-hydrogen) atoms. The summed E-state index contributed by atoms with van der Waals surface area (Å²) in [5, 5.41) is 3.15. The van der Waals surface area contributed by atoms with Gasteiger partial charge in [0.2, 0.25) is 5.91 Å². The van der Waals surface area contributed by atoms with Gasteiger partial charge in [-0.3, -0.25) is 9.59 Å². The highest BCUT2D eigenvalue weighted by molar-refractivity contribution is 6.22. The van der Waals surface area contributed by atoms with Crippen LogP contribution in [-0.4, -0.2) is 25.0 Å². The molecular formula is C17H17N2O3-. The lowest BCUT2D eigenvalue weighted by Gasteiger charge is -2.16. The lowest BCUT2D eigenvalue weighted by Crippen LogP contribution is -2.38. The van der Waals surface area contributed by atoms with Gasteiger partial charge in [-0.1, -0.05) is 0 Å². The molecule has 5 nitrogen and oxygen atoms in total. The Morgan fingerprint density at radius 3 is 2.68 bits per heavy atom. The van der Waals surface area contributed by atoms with Crippen molar-refractivity contribution in [1.29, 1.82) is 0 Å². The van der Waals surface area contributed by atoms with Gasteiger partial charge < -0.3 is 10.1 Å². The number of hydrogen-bond donors (Lipinski definition) is 1. The predicted octanol–water partition coefficient (Wildman–Crippen LogP) is 1.84. The summed E-state index contributed by atoms with van der Waals surface area (Å²) in [6.45, 7) is 0.577. The summed E-state index contributed by atoms with van der Waals surface area (Å²) in [7, 11) is 1.57. The summed E-state index contributed by atoms with van der Waals surface area (Å²) in [6, 6.07) is 14.3. The number of methoxy groups -OCH3 is 1. The normalized spacial score (nSPS) is 18.0. The molecule has 0 saturated carbocycles. The minimum absolute atomic E-state index is 0.185. The van der Waals surface area contributed by atoms with Gasteiger partial charge in [-0.05, 0) is 30.8 Å². The van der Waals surface area contributed by atoms with Crippen LogP contribution in [0.15, 0.2) is 48.5 Å². The number of nitrogens with zero attached hydrogens (tertiary/aromatic N) is 1. The zero-order valence-corrected chi connectivity index (χ0v) is 12.3. The third kappa shape index (κ3) is 2.76. The van der Waals surface area contributed by atoms with Gasteiger partial charge in [0.05, 0.1) is 25.3 Å². The Morgan fingerprint density at radius 2 is 2.05 bits per heavy atom. The van der Waals surface area contributed by atoms with Crippen molar-refractivity contribution < 1.29 is 14.3 Å². The minimum atomic E-state index is -0.468. The molecule has 1 aliphatic rings. The van der Waals surface area contributed by atoms with Crippen molar-refractivity contribution in [3.05, 3.63) is 54.1 Å². The van der Waals surface area contributed by atoms with Gasteiger partial charge in [0.15, 0.2) is 0 Å². The van der Waals surface area contributed by atoms with Gasteiger partial charge in [-0.15, -0.1) is 0 Å². The smallest absolute Gasteiger partial charge is 0.251 e. The maximum absolute atomic E-state index is 12.4. The van der Waals surface area contributed by atoms with E-state index in [1.54, 1.807) is 31.4 Å². The number of amides is 2. The van der Waals surface area contributed by atoms with Crippen LogP contribution in [0.3, 0.4) is 0 Å². The Labute approximate surface area is 128 Å². The molecule has 1 fully saturated rings. The van der Waals surface area contributed by atoms with Crippen LogP contribution in [0.5, 0.6) is 5.75 Å². The van der Waals surface area contributed by atoms with E-state index in [9.17, 15) is 9.59 Å². The minimum Gasteiger partial charge on any atom is -0.497 e. The molecule has 0 spiro atoms. The third-order valence-corrected chi connectivity index (χ3v) is 3.76. The highest BCUT2D eigenvalue weighted by Crippen LogP contribution is 2.25. The highest BCUT2D eigenvalue weighted by atomic mass is 16.5. The number of anilines is 1. The summed E-state index contributed by atoms with van der Waals surface area (Å²) in [5.74, 6) is 0.297. The predicted molar refractivity (Wildman–Crippen MR) is 82.8 cm³/mol. The molecule has 1 atom stereocenters. The second-order valence-corrected chi connectivity index (χ2v) is 5.20. The van der Waals surface area contributed by atoms with Gasteiger partial charge in [0.25, 0.3) is 5.91 Å². The average Bonchev–Trinajstić information content (AvgIpc) is 3.14. The molecule has 1 heterocycles. The van der Waals surface area contributed by atoms with Crippen molar-refractivity contribution in [2.45, 2.75) is 19.0 Å². The first kappa shape index (κ1) is 14.4. The van der Waals surface area contributed by atoms with Gasteiger partial charge in [0, 0.05) is 0 Å². The Morgan fingerprint density at radius 1 is 1.27 bits per heavy atom. The van der Waals surface area contributed by atoms with E-state index < -0.39 is 6.04 Å². The molecule has 114 valence electrons. The van der Waals surface area contributed by atoms with Gasteiger partial charge >= 0.3 is 0 Å². The topological polar surface area (TPSA) is 58.6 Å². The summed E-state index contributed by atoms with van der Waals surface area (Å²) in [4.78, 5) is 25.8. The van der Waals surface area contributed by atoms with Gasteiger partial charge in [-0.25, -0.2) is 11.0 Å². The molecular weight excluding hydrogens is 280 g/mol. The van der Waals surface area contributed by atoms with Crippen molar-refractivity contribution in [3.8, 4) is 5.75 Å². The largest absolute Gasteiger partial charge is 0.497 e. The number of carbonyl (C=O) groups is 2. The van der Waals surface area contributed by atoms with E-state index in [1.165, 1.54) is 4.90 Å². The maximum atomic E-state index is 12.4. The first-order valence-corrected chi connectivity index (χ1v) is 7.14. The summed E-state index contributed by atoms with van der Waals surface area (Å²) < 4.78 is 5.09. The molecule has 3 rings (SSSR count). The van der Waals surface area contributed by atoms with E-state index in [0.29, 0.717) is 18.0 Å². The van der Waals surface area contributed by atoms with E-state index in [4.69, 9.17) is 4.74 Å². The van der Waals surface area contributed by atoms with Crippen molar-refractivity contribution in [3.63, 3.8) is 0 Å². The fourth-order valence-corrected chi connectivity index (χ4v) is 2.57. The van der Waals surface area contributed by atoms with Crippen LogP contribution < -0.4 is 15.0 Å². The molecule has 1 N–H and O–H groups in total. The van der Waals surface area contributed by atoms with Crippen LogP contribution in [0.4, 0.5) is 5.69 Å². The summed E-state index contributed by atoms with van der Waals surface area (Å²) >= 11 is 0. The van der Waals surface area contributed by atoms with Crippen LogP contribution in [0.2, 0.25) is 0 Å². The SMILES string of the molecule is COc1ccc(N2C(=O)CC(NCc3cc[cH-]c3)C2=O)cc1. The summed E-state index contributed by atoms with van der Waals surface area (Å²) in [5.41, 5.74) is 1.68. The number of imide groups is 1. The molecule has 1 unspecified atom stereocenters. The Balaban J connectivity index is 1.70. The van der Waals surface area contributed by atoms with Crippen LogP contribution >= 0.6 is 0 Å². The van der Waals surface area contributed by atoms with E-state index in [2.05, 4.69) is 5.32 Å². The molecule has 0 aromatic heterocycles. The van der Waals surface area contributed by atoms with E-state index in [-0.39, 0.29) is 18.2 Å². The number of benzene rings is 1. The second-order valence-electron chi connectivity index (χ2n) is 5.20. The molecule has 0 aliphatic carbocycles. The molecule has 2 aromatic carbocycles. The molecule has 1 saturated heterocycles. The van der Waals surface area contributed by atoms with Crippen molar-refractivity contribution in [2.24, 2.45) is 0 Å². The van der Waals surface area contributed by atoms with E-state index >= 15 is 0 Å². The molecule has 2 aromatic rings. The lowest BCUT2D eigenvalue weighted by molar-refractivity contribution is -0.121. The lowest BCUT2D eigenvalue weighted by atomic mass is 10.2. The molecule has 2 amide bonds. The monoisotopic (exact) mass is 297 g/mol. The number of carbonyl (C=O) groups excluding carboxylic acids is 2. The molecule has 0 bridgehead atoms. The molecule has 1 aliphatic heterocycles. The first-order valence-electron chi connectivity index (χ1n) is 7.14.